The summed E-state index contributed by atoms with van der Waals surface area (Å²) < 4.78 is 0. The van der Waals surface area contributed by atoms with E-state index >= 15 is 0 Å². The number of anilines is 1. The molecule has 0 aromatic heterocycles. The van der Waals surface area contributed by atoms with E-state index in [4.69, 9.17) is 0 Å². The fraction of sp³-hybridized carbons (Fsp3) is 0.611. The number of hydrogen-bond acceptors (Lipinski definition) is 2. The summed E-state index contributed by atoms with van der Waals surface area (Å²) in [4.78, 5) is 13.6. The molecule has 1 aromatic rings. The summed E-state index contributed by atoms with van der Waals surface area (Å²) in [6.45, 7) is 3.27. The molecule has 1 unspecified atom stereocenters. The van der Waals surface area contributed by atoms with Crippen LogP contribution in [0.5, 0.6) is 0 Å². The first-order chi connectivity index (χ1) is 10.2. The van der Waals surface area contributed by atoms with E-state index in [2.05, 4.69) is 30.4 Å². The number of carbonyl (C=O) groups excluding carboxylic acids is 1. The van der Waals surface area contributed by atoms with Gasteiger partial charge in [0.15, 0.2) is 0 Å². The molecule has 3 nitrogen and oxygen atoms in total. The van der Waals surface area contributed by atoms with E-state index in [1.165, 1.54) is 36.8 Å². The summed E-state index contributed by atoms with van der Waals surface area (Å²) in [5.74, 6) is 1.09. The average molecular weight is 286 g/mol. The second-order valence-corrected chi connectivity index (χ2v) is 6.56. The molecule has 0 spiro atoms. The molecule has 3 rings (SSSR count). The third kappa shape index (κ3) is 2.98. The smallest absolute Gasteiger partial charge is 0.231 e. The Balaban J connectivity index is 1.78. The largest absolute Gasteiger partial charge is 0.315 e. The zero-order valence-electron chi connectivity index (χ0n) is 13.2. The highest BCUT2D eigenvalue weighted by Crippen LogP contribution is 2.36. The first-order valence-electron chi connectivity index (χ1n) is 8.31. The van der Waals surface area contributed by atoms with Crippen molar-refractivity contribution in [2.45, 2.75) is 51.5 Å². The molecule has 1 aromatic carbocycles. The van der Waals surface area contributed by atoms with Crippen LogP contribution in [0.15, 0.2) is 18.2 Å². The summed E-state index contributed by atoms with van der Waals surface area (Å²) in [6, 6.07) is 7.03. The van der Waals surface area contributed by atoms with Crippen molar-refractivity contribution < 1.29 is 4.79 Å². The molecule has 1 N–H and O–H groups in total. The fourth-order valence-corrected chi connectivity index (χ4v) is 3.42. The third-order valence-corrected chi connectivity index (χ3v) is 5.02. The molecular formula is C18H26N2O. The summed E-state index contributed by atoms with van der Waals surface area (Å²) in [5.41, 5.74) is 3.63. The molecule has 0 saturated heterocycles. The van der Waals surface area contributed by atoms with Crippen LogP contribution < -0.4 is 10.2 Å². The lowest BCUT2D eigenvalue weighted by molar-refractivity contribution is -0.117. The lowest BCUT2D eigenvalue weighted by atomic mass is 9.79. The minimum atomic E-state index is 0.208. The minimum Gasteiger partial charge on any atom is -0.315 e. The maximum absolute atomic E-state index is 11.8. The van der Waals surface area contributed by atoms with Gasteiger partial charge >= 0.3 is 0 Å². The van der Waals surface area contributed by atoms with E-state index in [1.54, 1.807) is 4.90 Å². The average Bonchev–Trinajstić information content (AvgIpc) is 2.72. The predicted molar refractivity (Wildman–Crippen MR) is 86.5 cm³/mol. The Hall–Kier alpha value is -1.35. The van der Waals surface area contributed by atoms with E-state index in [0.717, 1.165) is 24.6 Å². The maximum Gasteiger partial charge on any atom is 0.231 e. The molecule has 0 radical (unpaired) electrons. The Morgan fingerprint density at radius 2 is 2.19 bits per heavy atom. The molecule has 1 heterocycles. The van der Waals surface area contributed by atoms with Crippen LogP contribution in [-0.2, 0) is 11.2 Å². The molecule has 0 bridgehead atoms. The van der Waals surface area contributed by atoms with Gasteiger partial charge in [-0.15, -0.1) is 0 Å². The quantitative estimate of drug-likeness (QED) is 0.869. The molecule has 1 atom stereocenters. The van der Waals surface area contributed by atoms with Crippen LogP contribution in [0.4, 0.5) is 5.69 Å². The summed E-state index contributed by atoms with van der Waals surface area (Å²) in [7, 11) is 1.87. The number of nitrogens with one attached hydrogen (secondary N) is 1. The Labute approximate surface area is 127 Å². The molecular weight excluding hydrogens is 260 g/mol. The highest BCUT2D eigenvalue weighted by molar-refractivity contribution is 6.00. The highest BCUT2D eigenvalue weighted by atomic mass is 16.2. The lowest BCUT2D eigenvalue weighted by Gasteiger charge is -2.30. The van der Waals surface area contributed by atoms with Gasteiger partial charge in [0.2, 0.25) is 5.91 Å². The van der Waals surface area contributed by atoms with Crippen molar-refractivity contribution >= 4 is 11.6 Å². The fourth-order valence-electron chi connectivity index (χ4n) is 3.42. The number of benzene rings is 1. The second kappa shape index (κ2) is 6.18. The molecule has 1 saturated carbocycles. The highest BCUT2D eigenvalue weighted by Gasteiger charge is 2.27. The zero-order valence-corrected chi connectivity index (χ0v) is 13.2. The Bertz CT molecular complexity index is 522. The van der Waals surface area contributed by atoms with Crippen LogP contribution in [0.2, 0.25) is 0 Å². The Morgan fingerprint density at radius 3 is 2.86 bits per heavy atom. The van der Waals surface area contributed by atoms with Gasteiger partial charge in [-0.25, -0.2) is 0 Å². The molecule has 2 aliphatic rings. The first-order valence-corrected chi connectivity index (χ1v) is 8.31. The van der Waals surface area contributed by atoms with Gasteiger partial charge < -0.3 is 10.2 Å². The molecule has 1 aliphatic heterocycles. The van der Waals surface area contributed by atoms with Crippen molar-refractivity contribution in [2.75, 3.05) is 18.5 Å². The summed E-state index contributed by atoms with van der Waals surface area (Å²) in [5, 5.41) is 3.70. The monoisotopic (exact) mass is 286 g/mol. The number of rotatable bonds is 6. The number of amides is 1. The predicted octanol–water partition coefficient (Wildman–Crippen LogP) is 3.44. The van der Waals surface area contributed by atoms with Gasteiger partial charge in [-0.1, -0.05) is 38.3 Å². The van der Waals surface area contributed by atoms with Gasteiger partial charge in [-0.05, 0) is 42.5 Å². The van der Waals surface area contributed by atoms with Crippen molar-refractivity contribution in [3.05, 3.63) is 29.3 Å². The number of hydrogen-bond donors (Lipinski definition) is 1. The van der Waals surface area contributed by atoms with E-state index in [1.807, 2.05) is 7.05 Å². The van der Waals surface area contributed by atoms with Gasteiger partial charge in [0.1, 0.15) is 0 Å². The number of carbonyl (C=O) groups is 1. The van der Waals surface area contributed by atoms with E-state index in [-0.39, 0.29) is 5.91 Å². The SMILES string of the molecule is CCCNC(CC1CCC1)c1ccc2c(c1)CC(=O)N2C. The number of nitrogens with zero attached hydrogens (tertiary/aromatic N) is 1. The van der Waals surface area contributed by atoms with E-state index in [0.29, 0.717) is 12.5 Å². The molecule has 1 fully saturated rings. The van der Waals surface area contributed by atoms with Gasteiger partial charge in [-0.2, -0.15) is 0 Å². The molecule has 1 amide bonds. The first kappa shape index (κ1) is 14.6. The van der Waals surface area contributed by atoms with Gasteiger partial charge in [0.25, 0.3) is 0 Å². The second-order valence-electron chi connectivity index (χ2n) is 6.56. The minimum absolute atomic E-state index is 0.208. The van der Waals surface area contributed by atoms with E-state index < -0.39 is 0 Å². The van der Waals surface area contributed by atoms with Crippen molar-refractivity contribution in [2.24, 2.45) is 5.92 Å². The standard InChI is InChI=1S/C18H26N2O/c1-3-9-19-16(10-13-5-4-6-13)14-7-8-17-15(11-14)12-18(21)20(17)2/h7-8,11,13,16,19H,3-6,9-10,12H2,1-2H3. The molecule has 114 valence electrons. The van der Waals surface area contributed by atoms with Crippen LogP contribution >= 0.6 is 0 Å². The van der Waals surface area contributed by atoms with Crippen molar-refractivity contribution in [1.29, 1.82) is 0 Å². The van der Waals surface area contributed by atoms with Gasteiger partial charge in [-0.3, -0.25) is 4.79 Å². The number of likely N-dealkylation sites (N-methyl/N-ethyl adjacent to an activating group) is 1. The van der Waals surface area contributed by atoms with E-state index in [9.17, 15) is 4.79 Å². The Kier molecular flexibility index (Phi) is 4.29. The molecule has 21 heavy (non-hydrogen) atoms. The lowest BCUT2D eigenvalue weighted by Crippen LogP contribution is -2.26. The van der Waals surface area contributed by atoms with Crippen LogP contribution in [0, 0.1) is 5.92 Å². The topological polar surface area (TPSA) is 32.3 Å². The van der Waals surface area contributed by atoms with Crippen LogP contribution in [0.3, 0.4) is 0 Å². The van der Waals surface area contributed by atoms with Crippen molar-refractivity contribution in [3.8, 4) is 0 Å². The van der Waals surface area contributed by atoms with Crippen molar-refractivity contribution in [3.63, 3.8) is 0 Å². The van der Waals surface area contributed by atoms with Gasteiger partial charge in [0.05, 0.1) is 6.42 Å². The van der Waals surface area contributed by atoms with Crippen molar-refractivity contribution in [1.82, 2.24) is 5.32 Å². The molecule has 3 heteroatoms. The number of fused-ring (bicyclic) bond motifs is 1. The summed E-state index contributed by atoms with van der Waals surface area (Å²) >= 11 is 0. The van der Waals surface area contributed by atoms with Crippen LogP contribution in [-0.4, -0.2) is 19.5 Å². The third-order valence-electron chi connectivity index (χ3n) is 5.02. The van der Waals surface area contributed by atoms with Gasteiger partial charge in [0, 0.05) is 18.8 Å². The normalized spacial score (nSPS) is 19.5. The molecule has 1 aliphatic carbocycles. The maximum atomic E-state index is 11.8. The summed E-state index contributed by atoms with van der Waals surface area (Å²) in [6.07, 6.45) is 7.13. The van der Waals surface area contributed by atoms with Crippen LogP contribution in [0.25, 0.3) is 0 Å². The zero-order chi connectivity index (χ0) is 14.8. The Morgan fingerprint density at radius 1 is 1.38 bits per heavy atom. The van der Waals surface area contributed by atoms with Crippen LogP contribution in [0.1, 0.15) is 56.2 Å².